The first kappa shape index (κ1) is 20.2. The number of hydrogen-bond donors (Lipinski definition) is 0. The number of hydrogen-bond acceptors (Lipinski definition) is 4. The summed E-state index contributed by atoms with van der Waals surface area (Å²) >= 11 is 0. The number of amides is 1. The highest BCUT2D eigenvalue weighted by Crippen LogP contribution is 2.29. The fourth-order valence-corrected chi connectivity index (χ4v) is 3.45. The van der Waals surface area contributed by atoms with Crippen molar-refractivity contribution in [3.8, 4) is 0 Å². The largest absolute Gasteiger partial charge is 0.447 e. The molecule has 2 atom stereocenters. The topological polar surface area (TPSA) is 55.3 Å². The molecule has 2 heterocycles. The first-order chi connectivity index (χ1) is 13.3. The maximum absolute atomic E-state index is 14.5. The van der Waals surface area contributed by atoms with Gasteiger partial charge in [-0.3, -0.25) is 4.90 Å². The monoisotopic (exact) mass is 385 g/mol. The molecule has 1 fully saturated rings. The maximum Gasteiger partial charge on any atom is 0.416 e. The van der Waals surface area contributed by atoms with Gasteiger partial charge in [0.15, 0.2) is 11.6 Å². The fraction of sp³-hybridized carbons (Fsp3) is 0.500. The van der Waals surface area contributed by atoms with E-state index >= 15 is 0 Å². The molecule has 3 rings (SSSR count). The Morgan fingerprint density at radius 1 is 1.21 bits per heavy atom. The van der Waals surface area contributed by atoms with Crippen molar-refractivity contribution in [1.29, 1.82) is 0 Å². The Hall–Kier alpha value is -2.50. The Bertz CT molecular complexity index is 853. The second-order valence-corrected chi connectivity index (χ2v) is 8.15. The van der Waals surface area contributed by atoms with Crippen LogP contribution in [0.5, 0.6) is 0 Å². The highest BCUT2D eigenvalue weighted by atomic mass is 19.1. The lowest BCUT2D eigenvalue weighted by atomic mass is 9.93. The first-order valence-electron chi connectivity index (χ1n) is 9.85. The SMILES string of the molecule is CC(C)c1cccc([C@H](C)Cc2ncc(F)c(N3C(=O)OC[C@@H]3C(C)C)n2)c1. The summed E-state index contributed by atoms with van der Waals surface area (Å²) < 4.78 is 19.6. The van der Waals surface area contributed by atoms with Crippen molar-refractivity contribution in [3.05, 3.63) is 53.2 Å². The molecule has 6 heteroatoms. The van der Waals surface area contributed by atoms with Crippen LogP contribution in [0.25, 0.3) is 0 Å². The summed E-state index contributed by atoms with van der Waals surface area (Å²) in [5.74, 6) is 0.665. The van der Waals surface area contributed by atoms with Gasteiger partial charge in [-0.05, 0) is 28.9 Å². The Morgan fingerprint density at radius 2 is 1.93 bits per heavy atom. The van der Waals surface area contributed by atoms with E-state index in [1.54, 1.807) is 0 Å². The van der Waals surface area contributed by atoms with Crippen molar-refractivity contribution in [2.24, 2.45) is 5.92 Å². The predicted molar refractivity (Wildman–Crippen MR) is 107 cm³/mol. The average molecular weight is 385 g/mol. The van der Waals surface area contributed by atoms with Crippen molar-refractivity contribution >= 4 is 11.9 Å². The van der Waals surface area contributed by atoms with Crippen LogP contribution < -0.4 is 4.90 Å². The van der Waals surface area contributed by atoms with Gasteiger partial charge in [-0.15, -0.1) is 0 Å². The van der Waals surface area contributed by atoms with Crippen LogP contribution in [0.1, 0.15) is 63.4 Å². The van der Waals surface area contributed by atoms with Gasteiger partial charge in [-0.1, -0.05) is 58.9 Å². The van der Waals surface area contributed by atoms with E-state index in [-0.39, 0.29) is 30.3 Å². The lowest BCUT2D eigenvalue weighted by Gasteiger charge is -2.24. The number of benzene rings is 1. The van der Waals surface area contributed by atoms with E-state index < -0.39 is 11.9 Å². The lowest BCUT2D eigenvalue weighted by molar-refractivity contribution is 0.177. The van der Waals surface area contributed by atoms with Crippen molar-refractivity contribution in [1.82, 2.24) is 9.97 Å². The smallest absolute Gasteiger partial charge is 0.416 e. The van der Waals surface area contributed by atoms with E-state index in [4.69, 9.17) is 4.74 Å². The van der Waals surface area contributed by atoms with E-state index in [9.17, 15) is 9.18 Å². The van der Waals surface area contributed by atoms with Gasteiger partial charge >= 0.3 is 6.09 Å². The van der Waals surface area contributed by atoms with Gasteiger partial charge < -0.3 is 4.74 Å². The molecule has 28 heavy (non-hydrogen) atoms. The zero-order chi connectivity index (χ0) is 20.4. The third-order valence-electron chi connectivity index (χ3n) is 5.31. The van der Waals surface area contributed by atoms with E-state index in [0.29, 0.717) is 18.2 Å². The van der Waals surface area contributed by atoms with Crippen molar-refractivity contribution in [3.63, 3.8) is 0 Å². The minimum Gasteiger partial charge on any atom is -0.447 e. The number of carbonyl (C=O) groups excluding carboxylic acids is 1. The number of cyclic esters (lactones) is 1. The van der Waals surface area contributed by atoms with Crippen LogP contribution in [-0.4, -0.2) is 28.7 Å². The highest BCUT2D eigenvalue weighted by molar-refractivity contribution is 5.89. The number of halogens is 1. The van der Waals surface area contributed by atoms with E-state index in [1.807, 2.05) is 13.8 Å². The second-order valence-electron chi connectivity index (χ2n) is 8.15. The zero-order valence-electron chi connectivity index (χ0n) is 17.1. The average Bonchev–Trinajstić information content (AvgIpc) is 3.05. The molecule has 1 amide bonds. The Morgan fingerprint density at radius 3 is 2.61 bits per heavy atom. The van der Waals surface area contributed by atoms with Gasteiger partial charge in [0, 0.05) is 6.42 Å². The zero-order valence-corrected chi connectivity index (χ0v) is 17.1. The summed E-state index contributed by atoms with van der Waals surface area (Å²) in [6.07, 6.45) is 1.15. The number of carbonyl (C=O) groups is 1. The summed E-state index contributed by atoms with van der Waals surface area (Å²) in [6.45, 7) is 10.6. The van der Waals surface area contributed by atoms with Crippen molar-refractivity contribution in [2.75, 3.05) is 11.5 Å². The molecule has 0 radical (unpaired) electrons. The molecule has 1 aliphatic heterocycles. The summed E-state index contributed by atoms with van der Waals surface area (Å²) in [7, 11) is 0. The van der Waals surface area contributed by atoms with Crippen LogP contribution in [0.15, 0.2) is 30.5 Å². The number of anilines is 1. The van der Waals surface area contributed by atoms with Crippen LogP contribution in [0.3, 0.4) is 0 Å². The molecule has 0 N–H and O–H groups in total. The molecule has 0 spiro atoms. The summed E-state index contributed by atoms with van der Waals surface area (Å²) in [5, 5.41) is 0. The van der Waals surface area contributed by atoms with E-state index in [0.717, 1.165) is 6.20 Å². The van der Waals surface area contributed by atoms with Crippen LogP contribution in [0, 0.1) is 11.7 Å². The number of ether oxygens (including phenoxy) is 1. The third-order valence-corrected chi connectivity index (χ3v) is 5.31. The standard InChI is InChI=1S/C22H28FN3O2/c1-13(2)16-7-6-8-17(10-16)15(5)9-20-24-11-18(23)21(25-20)26-19(14(3)4)12-28-22(26)27/h6-8,10-11,13-15,19H,9,12H2,1-5H3/t15-,19-/m1/s1. The predicted octanol–water partition coefficient (Wildman–Crippen LogP) is 5.07. The summed E-state index contributed by atoms with van der Waals surface area (Å²) in [5.41, 5.74) is 2.48. The molecule has 0 bridgehead atoms. The van der Waals surface area contributed by atoms with Crippen molar-refractivity contribution < 1.29 is 13.9 Å². The normalized spacial score (nSPS) is 18.1. The molecule has 1 saturated heterocycles. The number of aromatic nitrogens is 2. The molecule has 2 aromatic rings. The molecule has 0 unspecified atom stereocenters. The van der Waals surface area contributed by atoms with Crippen LogP contribution in [0.2, 0.25) is 0 Å². The molecule has 1 aliphatic rings. The third kappa shape index (κ3) is 4.16. The summed E-state index contributed by atoms with van der Waals surface area (Å²) in [6, 6.07) is 8.24. The van der Waals surface area contributed by atoms with Crippen LogP contribution in [-0.2, 0) is 11.2 Å². The molecule has 0 saturated carbocycles. The molecular formula is C22H28FN3O2. The van der Waals surface area contributed by atoms with E-state index in [2.05, 4.69) is 55.0 Å². The minimum absolute atomic E-state index is 0.00864. The number of rotatable bonds is 6. The maximum atomic E-state index is 14.5. The van der Waals surface area contributed by atoms with Gasteiger partial charge in [0.05, 0.1) is 12.2 Å². The highest BCUT2D eigenvalue weighted by Gasteiger charge is 2.38. The Labute approximate surface area is 166 Å². The van der Waals surface area contributed by atoms with Crippen LogP contribution in [0.4, 0.5) is 15.0 Å². The molecular weight excluding hydrogens is 357 g/mol. The Kier molecular flexibility index (Phi) is 5.96. The van der Waals surface area contributed by atoms with Gasteiger partial charge in [-0.25, -0.2) is 19.2 Å². The van der Waals surface area contributed by atoms with Gasteiger partial charge in [0.1, 0.15) is 12.4 Å². The van der Waals surface area contributed by atoms with Gasteiger partial charge in [0.25, 0.3) is 0 Å². The van der Waals surface area contributed by atoms with Gasteiger partial charge in [0.2, 0.25) is 0 Å². The lowest BCUT2D eigenvalue weighted by Crippen LogP contribution is -2.38. The van der Waals surface area contributed by atoms with E-state index in [1.165, 1.54) is 16.0 Å². The second kappa shape index (κ2) is 8.25. The molecule has 1 aromatic heterocycles. The molecule has 5 nitrogen and oxygen atoms in total. The molecule has 1 aromatic carbocycles. The van der Waals surface area contributed by atoms with Gasteiger partial charge in [-0.2, -0.15) is 0 Å². The molecule has 0 aliphatic carbocycles. The fourth-order valence-electron chi connectivity index (χ4n) is 3.45. The van der Waals surface area contributed by atoms with Crippen LogP contribution >= 0.6 is 0 Å². The minimum atomic E-state index is -0.609. The Balaban J connectivity index is 1.85. The summed E-state index contributed by atoms with van der Waals surface area (Å²) in [4.78, 5) is 22.1. The quantitative estimate of drug-likeness (QED) is 0.697. The number of nitrogens with zero attached hydrogens (tertiary/aromatic N) is 3. The molecule has 150 valence electrons. The first-order valence-corrected chi connectivity index (χ1v) is 9.85. The van der Waals surface area contributed by atoms with Crippen molar-refractivity contribution in [2.45, 2.75) is 58.9 Å².